The number of aromatic nitrogens is 1. The summed E-state index contributed by atoms with van der Waals surface area (Å²) in [5.41, 5.74) is 6.66. The van der Waals surface area contributed by atoms with Crippen LogP contribution in [0.1, 0.15) is 10.4 Å². The zero-order valence-corrected chi connectivity index (χ0v) is 11.7. The zero-order chi connectivity index (χ0) is 15.1. The minimum absolute atomic E-state index is 0.397. The average Bonchev–Trinajstić information content (AvgIpc) is 2.53. The Hall–Kier alpha value is -2.60. The quantitative estimate of drug-likeness (QED) is 0.790. The maximum atomic E-state index is 11.5. The summed E-state index contributed by atoms with van der Waals surface area (Å²) in [5.74, 6) is 0.918. The van der Waals surface area contributed by atoms with E-state index in [0.717, 1.165) is 11.4 Å². The summed E-state index contributed by atoms with van der Waals surface area (Å²) < 4.78 is 10.1. The van der Waals surface area contributed by atoms with Crippen molar-refractivity contribution >= 4 is 17.5 Å². The fourth-order valence-corrected chi connectivity index (χ4v) is 1.70. The number of carbonyl (C=O) groups excluding carboxylic acids is 1. The average molecular weight is 287 g/mol. The lowest BCUT2D eigenvalue weighted by Gasteiger charge is -2.08. The number of methoxy groups -OCH3 is 1. The van der Waals surface area contributed by atoms with E-state index in [9.17, 15) is 4.79 Å². The van der Waals surface area contributed by atoms with Gasteiger partial charge in [-0.15, -0.1) is 0 Å². The third-order valence-corrected chi connectivity index (χ3v) is 2.69. The van der Waals surface area contributed by atoms with Gasteiger partial charge >= 0.3 is 5.97 Å². The van der Waals surface area contributed by atoms with E-state index in [2.05, 4.69) is 15.0 Å². The third kappa shape index (κ3) is 4.19. The molecule has 21 heavy (non-hydrogen) atoms. The molecule has 0 saturated heterocycles. The summed E-state index contributed by atoms with van der Waals surface area (Å²) in [7, 11) is 1.34. The molecule has 0 aliphatic rings. The Morgan fingerprint density at radius 3 is 2.71 bits per heavy atom. The van der Waals surface area contributed by atoms with Crippen LogP contribution < -0.4 is 15.8 Å². The number of anilines is 2. The monoisotopic (exact) mass is 287 g/mol. The van der Waals surface area contributed by atoms with Gasteiger partial charge in [0.15, 0.2) is 0 Å². The first kappa shape index (κ1) is 14.8. The minimum Gasteiger partial charge on any atom is -0.492 e. The molecule has 0 unspecified atom stereocenters. The number of hydrogen-bond donors (Lipinski definition) is 2. The van der Waals surface area contributed by atoms with Gasteiger partial charge in [0.2, 0.25) is 0 Å². The number of rotatable bonds is 6. The van der Waals surface area contributed by atoms with Gasteiger partial charge in [-0.2, -0.15) is 0 Å². The van der Waals surface area contributed by atoms with Crippen LogP contribution >= 0.6 is 0 Å². The fourth-order valence-electron chi connectivity index (χ4n) is 1.70. The second kappa shape index (κ2) is 7.25. The predicted molar refractivity (Wildman–Crippen MR) is 79.9 cm³/mol. The molecular formula is C15H17N3O3. The van der Waals surface area contributed by atoms with Gasteiger partial charge in [-0.25, -0.2) is 9.78 Å². The van der Waals surface area contributed by atoms with Crippen molar-refractivity contribution in [2.75, 3.05) is 25.6 Å². The van der Waals surface area contributed by atoms with E-state index in [1.54, 1.807) is 18.3 Å². The molecule has 0 atom stereocenters. The van der Waals surface area contributed by atoms with Crippen LogP contribution in [0.2, 0.25) is 0 Å². The van der Waals surface area contributed by atoms with E-state index in [1.165, 1.54) is 7.11 Å². The molecule has 2 aromatic rings. The van der Waals surface area contributed by atoms with Crippen molar-refractivity contribution in [2.45, 2.75) is 0 Å². The van der Waals surface area contributed by atoms with Gasteiger partial charge in [0.1, 0.15) is 18.2 Å². The van der Waals surface area contributed by atoms with Crippen LogP contribution in [-0.4, -0.2) is 31.2 Å². The van der Waals surface area contributed by atoms with E-state index in [-0.39, 0.29) is 0 Å². The topological polar surface area (TPSA) is 86.5 Å². The van der Waals surface area contributed by atoms with Crippen LogP contribution in [-0.2, 0) is 4.74 Å². The predicted octanol–water partition coefficient (Wildman–Crippen LogP) is 1.95. The lowest BCUT2D eigenvalue weighted by atomic mass is 10.2. The van der Waals surface area contributed by atoms with Gasteiger partial charge in [0.05, 0.1) is 12.7 Å². The summed E-state index contributed by atoms with van der Waals surface area (Å²) in [5, 5.41) is 3.11. The molecule has 1 heterocycles. The standard InChI is InChI=1S/C15H17N3O3/c1-20-15(19)11-6-8-17-14(10-11)18-12-2-4-13(5-3-12)21-9-7-16/h2-6,8,10H,7,9,16H2,1H3,(H,17,18). The Morgan fingerprint density at radius 2 is 2.05 bits per heavy atom. The number of pyridine rings is 1. The lowest BCUT2D eigenvalue weighted by molar-refractivity contribution is 0.0600. The molecule has 110 valence electrons. The van der Waals surface area contributed by atoms with E-state index >= 15 is 0 Å². The van der Waals surface area contributed by atoms with E-state index in [4.69, 9.17) is 10.5 Å². The summed E-state index contributed by atoms with van der Waals surface area (Å²) in [6.07, 6.45) is 1.55. The van der Waals surface area contributed by atoms with Crippen LogP contribution in [0.4, 0.5) is 11.5 Å². The van der Waals surface area contributed by atoms with Crippen molar-refractivity contribution in [2.24, 2.45) is 5.73 Å². The highest BCUT2D eigenvalue weighted by molar-refractivity contribution is 5.90. The van der Waals surface area contributed by atoms with Crippen molar-refractivity contribution in [3.05, 3.63) is 48.2 Å². The summed E-state index contributed by atoms with van der Waals surface area (Å²) in [6.45, 7) is 0.958. The Labute approximate surface area is 122 Å². The van der Waals surface area contributed by atoms with Crippen LogP contribution in [0.3, 0.4) is 0 Å². The van der Waals surface area contributed by atoms with Gasteiger partial charge in [-0.3, -0.25) is 0 Å². The second-order valence-electron chi connectivity index (χ2n) is 4.21. The van der Waals surface area contributed by atoms with Gasteiger partial charge in [0, 0.05) is 18.4 Å². The molecule has 0 fully saturated rings. The van der Waals surface area contributed by atoms with Gasteiger partial charge in [-0.1, -0.05) is 0 Å². The van der Waals surface area contributed by atoms with Gasteiger partial charge in [0.25, 0.3) is 0 Å². The highest BCUT2D eigenvalue weighted by atomic mass is 16.5. The number of carbonyl (C=O) groups is 1. The number of nitrogens with two attached hydrogens (primary N) is 1. The largest absolute Gasteiger partial charge is 0.492 e. The first-order chi connectivity index (χ1) is 10.2. The highest BCUT2D eigenvalue weighted by Crippen LogP contribution is 2.19. The molecule has 0 aliphatic heterocycles. The van der Waals surface area contributed by atoms with E-state index < -0.39 is 5.97 Å². The molecule has 0 spiro atoms. The third-order valence-electron chi connectivity index (χ3n) is 2.69. The van der Waals surface area contributed by atoms with Crippen molar-refractivity contribution in [3.63, 3.8) is 0 Å². The van der Waals surface area contributed by atoms with Crippen molar-refractivity contribution in [1.29, 1.82) is 0 Å². The number of hydrogen-bond acceptors (Lipinski definition) is 6. The van der Waals surface area contributed by atoms with Gasteiger partial charge in [-0.05, 0) is 36.4 Å². The summed E-state index contributed by atoms with van der Waals surface area (Å²) in [4.78, 5) is 15.6. The molecule has 0 bridgehead atoms. The van der Waals surface area contributed by atoms with Crippen molar-refractivity contribution in [1.82, 2.24) is 4.98 Å². The molecule has 0 radical (unpaired) electrons. The zero-order valence-electron chi connectivity index (χ0n) is 11.7. The van der Waals surface area contributed by atoms with Gasteiger partial charge < -0.3 is 20.5 Å². The normalized spacial score (nSPS) is 10.0. The molecule has 0 aliphatic carbocycles. The number of ether oxygens (including phenoxy) is 2. The molecule has 0 saturated carbocycles. The molecule has 6 heteroatoms. The van der Waals surface area contributed by atoms with Crippen molar-refractivity contribution < 1.29 is 14.3 Å². The maximum absolute atomic E-state index is 11.5. The van der Waals surface area contributed by atoms with Crippen LogP contribution in [0.15, 0.2) is 42.6 Å². The van der Waals surface area contributed by atoms with Crippen LogP contribution in [0, 0.1) is 0 Å². The van der Waals surface area contributed by atoms with Crippen LogP contribution in [0.25, 0.3) is 0 Å². The number of benzene rings is 1. The Balaban J connectivity index is 2.06. The van der Waals surface area contributed by atoms with Crippen LogP contribution in [0.5, 0.6) is 5.75 Å². The fraction of sp³-hybridized carbons (Fsp3) is 0.200. The SMILES string of the molecule is COC(=O)c1ccnc(Nc2ccc(OCCN)cc2)c1. The van der Waals surface area contributed by atoms with Crippen molar-refractivity contribution in [3.8, 4) is 5.75 Å². The number of esters is 1. The minimum atomic E-state index is -0.397. The Bertz CT molecular complexity index is 599. The number of nitrogens with one attached hydrogen (secondary N) is 1. The lowest BCUT2D eigenvalue weighted by Crippen LogP contribution is -2.10. The second-order valence-corrected chi connectivity index (χ2v) is 4.21. The first-order valence-corrected chi connectivity index (χ1v) is 6.47. The molecule has 0 amide bonds. The molecular weight excluding hydrogens is 270 g/mol. The number of nitrogens with zero attached hydrogens (tertiary/aromatic N) is 1. The summed E-state index contributed by atoms with van der Waals surface area (Å²) in [6, 6.07) is 10.6. The Kier molecular flexibility index (Phi) is 5.11. The first-order valence-electron chi connectivity index (χ1n) is 6.47. The molecule has 1 aromatic heterocycles. The Morgan fingerprint density at radius 1 is 1.29 bits per heavy atom. The molecule has 1 aromatic carbocycles. The molecule has 3 N–H and O–H groups in total. The highest BCUT2D eigenvalue weighted by Gasteiger charge is 2.06. The maximum Gasteiger partial charge on any atom is 0.338 e. The van der Waals surface area contributed by atoms with E-state index in [1.807, 2.05) is 24.3 Å². The molecule has 6 nitrogen and oxygen atoms in total. The molecule has 2 rings (SSSR count). The van der Waals surface area contributed by atoms with E-state index in [0.29, 0.717) is 24.5 Å². The smallest absolute Gasteiger partial charge is 0.338 e. The summed E-state index contributed by atoms with van der Waals surface area (Å²) >= 11 is 0.